The number of nitrogens with zero attached hydrogens (tertiary/aromatic N) is 2. The SMILES string of the molecule is O=C(O)c1ccc([N+](=O)[O-])c(NC2CCSCC2)n1. The zero-order chi connectivity index (χ0) is 13.8. The van der Waals surface area contributed by atoms with E-state index in [0.29, 0.717) is 0 Å². The smallest absolute Gasteiger partial charge is 0.354 e. The van der Waals surface area contributed by atoms with Crippen molar-refractivity contribution in [1.82, 2.24) is 4.98 Å². The molecule has 1 fully saturated rings. The predicted molar refractivity (Wildman–Crippen MR) is 71.8 cm³/mol. The van der Waals surface area contributed by atoms with Gasteiger partial charge in [0.05, 0.1) is 4.92 Å². The fraction of sp³-hybridized carbons (Fsp3) is 0.455. The molecular weight excluding hydrogens is 270 g/mol. The Morgan fingerprint density at radius 3 is 2.74 bits per heavy atom. The number of nitrogens with one attached hydrogen (secondary N) is 1. The Labute approximate surface area is 113 Å². The van der Waals surface area contributed by atoms with E-state index in [1.54, 1.807) is 0 Å². The van der Waals surface area contributed by atoms with Crippen molar-refractivity contribution in [3.63, 3.8) is 0 Å². The van der Waals surface area contributed by atoms with E-state index < -0.39 is 10.9 Å². The van der Waals surface area contributed by atoms with Crippen LogP contribution in [-0.4, -0.2) is 38.5 Å². The molecule has 0 aromatic carbocycles. The van der Waals surface area contributed by atoms with Crippen molar-refractivity contribution in [2.45, 2.75) is 18.9 Å². The molecule has 0 radical (unpaired) electrons. The highest BCUT2D eigenvalue weighted by molar-refractivity contribution is 7.99. The molecule has 1 aromatic rings. The summed E-state index contributed by atoms with van der Waals surface area (Å²) in [7, 11) is 0. The first-order chi connectivity index (χ1) is 9.08. The van der Waals surface area contributed by atoms with Gasteiger partial charge in [-0.2, -0.15) is 11.8 Å². The zero-order valence-corrected chi connectivity index (χ0v) is 10.9. The lowest BCUT2D eigenvalue weighted by atomic mass is 10.1. The normalized spacial score (nSPS) is 16.0. The Balaban J connectivity index is 2.26. The minimum absolute atomic E-state index is 0.0433. The summed E-state index contributed by atoms with van der Waals surface area (Å²) >= 11 is 1.84. The summed E-state index contributed by atoms with van der Waals surface area (Å²) in [6, 6.07) is 2.43. The third-order valence-electron chi connectivity index (χ3n) is 2.85. The van der Waals surface area contributed by atoms with Gasteiger partial charge in [-0.05, 0) is 30.4 Å². The molecule has 1 aromatic heterocycles. The summed E-state index contributed by atoms with van der Waals surface area (Å²) < 4.78 is 0. The molecule has 102 valence electrons. The number of hydrogen-bond acceptors (Lipinski definition) is 6. The monoisotopic (exact) mass is 283 g/mol. The fourth-order valence-corrected chi connectivity index (χ4v) is 2.97. The third-order valence-corrected chi connectivity index (χ3v) is 3.90. The number of carbonyl (C=O) groups is 1. The Morgan fingerprint density at radius 1 is 1.47 bits per heavy atom. The van der Waals surface area contributed by atoms with E-state index in [2.05, 4.69) is 10.3 Å². The van der Waals surface area contributed by atoms with Crippen molar-refractivity contribution in [1.29, 1.82) is 0 Å². The number of thioether (sulfide) groups is 1. The average molecular weight is 283 g/mol. The molecule has 8 heteroatoms. The second-order valence-electron chi connectivity index (χ2n) is 4.16. The molecule has 1 aliphatic rings. The van der Waals surface area contributed by atoms with Crippen LogP contribution in [0.15, 0.2) is 12.1 Å². The molecule has 19 heavy (non-hydrogen) atoms. The lowest BCUT2D eigenvalue weighted by molar-refractivity contribution is -0.384. The van der Waals surface area contributed by atoms with Gasteiger partial charge in [-0.15, -0.1) is 0 Å². The highest BCUT2D eigenvalue weighted by Gasteiger charge is 2.22. The van der Waals surface area contributed by atoms with E-state index >= 15 is 0 Å². The van der Waals surface area contributed by atoms with Gasteiger partial charge in [-0.1, -0.05) is 0 Å². The summed E-state index contributed by atoms with van der Waals surface area (Å²) in [6.45, 7) is 0. The third kappa shape index (κ3) is 3.34. The van der Waals surface area contributed by atoms with E-state index in [1.807, 2.05) is 11.8 Å². The minimum atomic E-state index is -1.20. The standard InChI is InChI=1S/C11H13N3O4S/c15-11(16)8-1-2-9(14(17)18)10(13-8)12-7-3-5-19-6-4-7/h1-2,7H,3-6H2,(H,12,13)(H,15,16). The number of carboxylic acid groups (broad SMARTS) is 1. The van der Waals surface area contributed by atoms with E-state index in [0.717, 1.165) is 30.4 Å². The average Bonchev–Trinajstić information content (AvgIpc) is 2.39. The van der Waals surface area contributed by atoms with Crippen LogP contribution in [0.5, 0.6) is 0 Å². The lowest BCUT2D eigenvalue weighted by Crippen LogP contribution is -2.25. The first kappa shape index (κ1) is 13.6. The second kappa shape index (κ2) is 5.87. The summed E-state index contributed by atoms with van der Waals surface area (Å²) in [5, 5.41) is 22.8. The largest absolute Gasteiger partial charge is 0.477 e. The van der Waals surface area contributed by atoms with Gasteiger partial charge in [-0.25, -0.2) is 9.78 Å². The highest BCUT2D eigenvalue weighted by atomic mass is 32.2. The Bertz CT molecular complexity index is 503. The molecule has 2 rings (SSSR count). The predicted octanol–water partition coefficient (Wildman–Crippen LogP) is 2.00. The van der Waals surface area contributed by atoms with Crippen LogP contribution in [0.1, 0.15) is 23.3 Å². The molecule has 0 saturated carbocycles. The lowest BCUT2D eigenvalue weighted by Gasteiger charge is -2.22. The van der Waals surface area contributed by atoms with Crippen molar-refractivity contribution in [3.05, 3.63) is 27.9 Å². The number of aromatic carboxylic acids is 1. The molecule has 0 bridgehead atoms. The van der Waals surface area contributed by atoms with Crippen LogP contribution < -0.4 is 5.32 Å². The van der Waals surface area contributed by atoms with Crippen LogP contribution in [0.3, 0.4) is 0 Å². The van der Waals surface area contributed by atoms with Crippen molar-refractivity contribution in [2.24, 2.45) is 0 Å². The summed E-state index contributed by atoms with van der Waals surface area (Å²) in [4.78, 5) is 25.1. The first-order valence-electron chi connectivity index (χ1n) is 5.81. The number of aromatic nitrogens is 1. The summed E-state index contributed by atoms with van der Waals surface area (Å²) in [6.07, 6.45) is 1.78. The van der Waals surface area contributed by atoms with Crippen LogP contribution in [-0.2, 0) is 0 Å². The minimum Gasteiger partial charge on any atom is -0.477 e. The van der Waals surface area contributed by atoms with E-state index in [4.69, 9.17) is 5.11 Å². The maximum Gasteiger partial charge on any atom is 0.354 e. The van der Waals surface area contributed by atoms with E-state index in [1.165, 1.54) is 6.07 Å². The number of nitro groups is 1. The fourth-order valence-electron chi connectivity index (χ4n) is 1.86. The van der Waals surface area contributed by atoms with Gasteiger partial charge >= 0.3 is 11.7 Å². The van der Waals surface area contributed by atoms with Crippen molar-refractivity contribution < 1.29 is 14.8 Å². The summed E-state index contributed by atoms with van der Waals surface area (Å²) in [5.41, 5.74) is -0.387. The molecule has 0 amide bonds. The Kier molecular flexibility index (Phi) is 4.20. The molecular formula is C11H13N3O4S. The Hall–Kier alpha value is -1.83. The van der Waals surface area contributed by atoms with Crippen molar-refractivity contribution in [2.75, 3.05) is 16.8 Å². The van der Waals surface area contributed by atoms with Gasteiger partial charge in [-0.3, -0.25) is 10.1 Å². The first-order valence-corrected chi connectivity index (χ1v) is 6.96. The summed E-state index contributed by atoms with van der Waals surface area (Å²) in [5.74, 6) is 0.827. The quantitative estimate of drug-likeness (QED) is 0.643. The molecule has 0 atom stereocenters. The maximum absolute atomic E-state index is 10.9. The number of anilines is 1. The molecule has 7 nitrogen and oxygen atoms in total. The number of rotatable bonds is 4. The molecule has 2 N–H and O–H groups in total. The van der Waals surface area contributed by atoms with Gasteiger partial charge in [0.25, 0.3) is 0 Å². The molecule has 1 saturated heterocycles. The number of pyridine rings is 1. The van der Waals surface area contributed by atoms with E-state index in [-0.39, 0.29) is 23.2 Å². The molecule has 2 heterocycles. The topological polar surface area (TPSA) is 105 Å². The molecule has 1 aliphatic heterocycles. The van der Waals surface area contributed by atoms with Crippen LogP contribution in [0.4, 0.5) is 11.5 Å². The van der Waals surface area contributed by atoms with Crippen LogP contribution in [0.2, 0.25) is 0 Å². The van der Waals surface area contributed by atoms with E-state index in [9.17, 15) is 14.9 Å². The molecule has 0 unspecified atom stereocenters. The molecule has 0 aliphatic carbocycles. The van der Waals surface area contributed by atoms with Gasteiger partial charge < -0.3 is 10.4 Å². The van der Waals surface area contributed by atoms with Gasteiger partial charge in [0, 0.05) is 12.1 Å². The van der Waals surface area contributed by atoms with Crippen LogP contribution in [0.25, 0.3) is 0 Å². The zero-order valence-electron chi connectivity index (χ0n) is 10.0. The van der Waals surface area contributed by atoms with Crippen LogP contribution in [0, 0.1) is 10.1 Å². The van der Waals surface area contributed by atoms with Crippen molar-refractivity contribution >= 4 is 29.2 Å². The van der Waals surface area contributed by atoms with Gasteiger partial charge in [0.15, 0.2) is 5.69 Å². The highest BCUT2D eigenvalue weighted by Crippen LogP contribution is 2.26. The van der Waals surface area contributed by atoms with Gasteiger partial charge in [0.2, 0.25) is 5.82 Å². The number of carboxylic acids is 1. The maximum atomic E-state index is 10.9. The molecule has 0 spiro atoms. The second-order valence-corrected chi connectivity index (χ2v) is 5.38. The Morgan fingerprint density at radius 2 is 2.16 bits per heavy atom. The van der Waals surface area contributed by atoms with Crippen molar-refractivity contribution in [3.8, 4) is 0 Å². The van der Waals surface area contributed by atoms with Crippen LogP contribution >= 0.6 is 11.8 Å². The number of hydrogen-bond donors (Lipinski definition) is 2. The van der Waals surface area contributed by atoms with Gasteiger partial charge in [0.1, 0.15) is 0 Å².